The molecule has 3 nitrogen and oxygen atoms in total. The molecule has 1 aromatic carbocycles. The summed E-state index contributed by atoms with van der Waals surface area (Å²) in [5.41, 5.74) is 3.45. The summed E-state index contributed by atoms with van der Waals surface area (Å²) < 4.78 is 1.89. The molecule has 0 aliphatic rings. The second-order valence-electron chi connectivity index (χ2n) is 3.87. The third kappa shape index (κ3) is 1.42. The number of benzene rings is 1. The maximum absolute atomic E-state index is 4.50. The molecule has 0 saturated carbocycles. The van der Waals surface area contributed by atoms with Crippen LogP contribution in [-0.4, -0.2) is 14.6 Å². The van der Waals surface area contributed by atoms with E-state index in [1.807, 2.05) is 11.4 Å². The van der Waals surface area contributed by atoms with Crippen LogP contribution < -0.4 is 0 Å². The number of fused-ring (bicyclic) bond motifs is 1. The molecule has 2 aromatic heterocycles. The summed E-state index contributed by atoms with van der Waals surface area (Å²) in [7, 11) is 0. The van der Waals surface area contributed by atoms with Gasteiger partial charge >= 0.3 is 0 Å². The molecule has 0 aliphatic heterocycles. The van der Waals surface area contributed by atoms with E-state index in [4.69, 9.17) is 0 Å². The number of hydrogen-bond donors (Lipinski definition) is 0. The molecule has 0 fully saturated rings. The Hall–Kier alpha value is -1.68. The fourth-order valence-electron chi connectivity index (χ4n) is 1.62. The predicted molar refractivity (Wildman–Crippen MR) is 65.8 cm³/mol. The Bertz CT molecular complexity index is 634. The fraction of sp³-hybridized carbons (Fsp3) is 0.167. The highest BCUT2D eigenvalue weighted by Crippen LogP contribution is 2.20. The Labute approximate surface area is 97.4 Å². The van der Waals surface area contributed by atoms with Crippen molar-refractivity contribution in [1.82, 2.24) is 14.6 Å². The molecule has 4 heteroatoms. The van der Waals surface area contributed by atoms with Crippen LogP contribution >= 0.6 is 11.3 Å². The smallest absolute Gasteiger partial charge is 0.208 e. The van der Waals surface area contributed by atoms with E-state index in [-0.39, 0.29) is 0 Å². The van der Waals surface area contributed by atoms with Gasteiger partial charge in [-0.2, -0.15) is 4.98 Å². The van der Waals surface area contributed by atoms with E-state index >= 15 is 0 Å². The Morgan fingerprint density at radius 2 is 1.88 bits per heavy atom. The van der Waals surface area contributed by atoms with Gasteiger partial charge in [0.1, 0.15) is 0 Å². The van der Waals surface area contributed by atoms with Crippen molar-refractivity contribution >= 4 is 16.3 Å². The van der Waals surface area contributed by atoms with Crippen LogP contribution in [0.25, 0.3) is 16.3 Å². The molecule has 0 aliphatic carbocycles. The van der Waals surface area contributed by atoms with Crippen molar-refractivity contribution in [3.05, 3.63) is 40.9 Å². The zero-order valence-electron chi connectivity index (χ0n) is 9.14. The Morgan fingerprint density at radius 3 is 2.56 bits per heavy atom. The van der Waals surface area contributed by atoms with Crippen molar-refractivity contribution in [2.45, 2.75) is 13.8 Å². The lowest BCUT2D eigenvalue weighted by Crippen LogP contribution is -1.87. The van der Waals surface area contributed by atoms with Crippen LogP contribution in [0.2, 0.25) is 0 Å². The highest BCUT2D eigenvalue weighted by molar-refractivity contribution is 7.15. The van der Waals surface area contributed by atoms with E-state index in [0.717, 1.165) is 22.0 Å². The predicted octanol–water partition coefficient (Wildman–Crippen LogP) is 3.07. The molecule has 0 unspecified atom stereocenters. The van der Waals surface area contributed by atoms with Crippen LogP contribution in [0.5, 0.6) is 0 Å². The maximum atomic E-state index is 4.50. The molecule has 16 heavy (non-hydrogen) atoms. The first kappa shape index (κ1) is 9.54. The van der Waals surface area contributed by atoms with Crippen molar-refractivity contribution in [3.8, 4) is 11.4 Å². The van der Waals surface area contributed by atoms with E-state index in [0.29, 0.717) is 0 Å². The normalized spacial score (nSPS) is 11.1. The molecule has 0 radical (unpaired) electrons. The number of aryl methyl sites for hydroxylation is 2. The highest BCUT2D eigenvalue weighted by Gasteiger charge is 2.08. The molecular formula is C12H11N3S. The Balaban J connectivity index is 2.15. The zero-order chi connectivity index (χ0) is 11.1. The number of rotatable bonds is 1. The van der Waals surface area contributed by atoms with Gasteiger partial charge in [0.2, 0.25) is 4.96 Å². The molecule has 3 rings (SSSR count). The van der Waals surface area contributed by atoms with E-state index in [9.17, 15) is 0 Å². The topological polar surface area (TPSA) is 30.2 Å². The van der Waals surface area contributed by atoms with Crippen LogP contribution in [0.4, 0.5) is 0 Å². The maximum Gasteiger partial charge on any atom is 0.212 e. The van der Waals surface area contributed by atoms with Gasteiger partial charge in [-0.15, -0.1) is 16.4 Å². The minimum absolute atomic E-state index is 0.801. The summed E-state index contributed by atoms with van der Waals surface area (Å²) >= 11 is 1.62. The lowest BCUT2D eigenvalue weighted by atomic mass is 10.1. The van der Waals surface area contributed by atoms with Gasteiger partial charge in [-0.25, -0.2) is 4.52 Å². The van der Waals surface area contributed by atoms with Gasteiger partial charge in [-0.1, -0.05) is 29.8 Å². The minimum atomic E-state index is 0.801. The van der Waals surface area contributed by atoms with Gasteiger partial charge in [-0.05, 0) is 13.8 Å². The number of thiazole rings is 1. The van der Waals surface area contributed by atoms with Crippen molar-refractivity contribution in [1.29, 1.82) is 0 Å². The lowest BCUT2D eigenvalue weighted by molar-refractivity contribution is 0.936. The molecule has 80 valence electrons. The number of hydrogen-bond acceptors (Lipinski definition) is 3. The van der Waals surface area contributed by atoms with E-state index in [1.54, 1.807) is 11.3 Å². The van der Waals surface area contributed by atoms with Gasteiger partial charge in [0.15, 0.2) is 5.82 Å². The number of aromatic nitrogens is 3. The quantitative estimate of drug-likeness (QED) is 0.642. The van der Waals surface area contributed by atoms with Crippen LogP contribution in [0.3, 0.4) is 0 Å². The van der Waals surface area contributed by atoms with Crippen LogP contribution in [-0.2, 0) is 0 Å². The standard InChI is InChI=1S/C12H11N3S/c1-8-3-5-10(6-4-8)11-13-12-15(14-11)9(2)7-16-12/h3-7H,1-2H3. The van der Waals surface area contributed by atoms with Gasteiger partial charge in [0.05, 0.1) is 5.69 Å². The molecular weight excluding hydrogens is 218 g/mol. The SMILES string of the molecule is Cc1ccc(-c2nc3scc(C)n3n2)cc1. The molecule has 0 amide bonds. The summed E-state index contributed by atoms with van der Waals surface area (Å²) in [4.78, 5) is 5.46. The summed E-state index contributed by atoms with van der Waals surface area (Å²) in [5.74, 6) is 0.801. The second kappa shape index (κ2) is 3.42. The molecule has 0 saturated heterocycles. The van der Waals surface area contributed by atoms with E-state index in [2.05, 4.69) is 46.7 Å². The third-order valence-electron chi connectivity index (χ3n) is 2.56. The Kier molecular flexibility index (Phi) is 2.04. The molecule has 2 heterocycles. The first-order valence-electron chi connectivity index (χ1n) is 5.12. The number of nitrogens with zero attached hydrogens (tertiary/aromatic N) is 3. The first-order valence-corrected chi connectivity index (χ1v) is 6.00. The highest BCUT2D eigenvalue weighted by atomic mass is 32.1. The van der Waals surface area contributed by atoms with Gasteiger partial charge < -0.3 is 0 Å². The molecule has 0 atom stereocenters. The van der Waals surface area contributed by atoms with Crippen LogP contribution in [0.15, 0.2) is 29.6 Å². The average Bonchev–Trinajstić information content (AvgIpc) is 2.83. The zero-order valence-corrected chi connectivity index (χ0v) is 9.95. The van der Waals surface area contributed by atoms with E-state index < -0.39 is 0 Å². The monoisotopic (exact) mass is 229 g/mol. The van der Waals surface area contributed by atoms with Gasteiger partial charge in [-0.3, -0.25) is 0 Å². The molecule has 0 N–H and O–H groups in total. The lowest BCUT2D eigenvalue weighted by Gasteiger charge is -1.95. The summed E-state index contributed by atoms with van der Waals surface area (Å²) in [6.07, 6.45) is 0. The minimum Gasteiger partial charge on any atom is -0.208 e. The average molecular weight is 229 g/mol. The largest absolute Gasteiger partial charge is 0.212 e. The molecule has 0 bridgehead atoms. The van der Waals surface area contributed by atoms with Crippen molar-refractivity contribution in [2.24, 2.45) is 0 Å². The summed E-state index contributed by atoms with van der Waals surface area (Å²) in [5, 5.41) is 6.55. The first-order chi connectivity index (χ1) is 7.74. The van der Waals surface area contributed by atoms with Crippen molar-refractivity contribution < 1.29 is 0 Å². The van der Waals surface area contributed by atoms with E-state index in [1.165, 1.54) is 5.56 Å². The van der Waals surface area contributed by atoms with Crippen molar-refractivity contribution in [3.63, 3.8) is 0 Å². The molecule has 0 spiro atoms. The summed E-state index contributed by atoms with van der Waals surface area (Å²) in [6, 6.07) is 8.28. The molecule has 3 aromatic rings. The van der Waals surface area contributed by atoms with Crippen molar-refractivity contribution in [2.75, 3.05) is 0 Å². The van der Waals surface area contributed by atoms with Gasteiger partial charge in [0, 0.05) is 10.9 Å². The van der Waals surface area contributed by atoms with Crippen LogP contribution in [0, 0.1) is 13.8 Å². The van der Waals surface area contributed by atoms with Gasteiger partial charge in [0.25, 0.3) is 0 Å². The fourth-order valence-corrected chi connectivity index (χ4v) is 2.42. The van der Waals surface area contributed by atoms with Crippen LogP contribution in [0.1, 0.15) is 11.3 Å². The Morgan fingerprint density at radius 1 is 1.12 bits per heavy atom. The summed E-state index contributed by atoms with van der Waals surface area (Å²) in [6.45, 7) is 4.12. The second-order valence-corrected chi connectivity index (χ2v) is 4.71. The third-order valence-corrected chi connectivity index (χ3v) is 3.49.